The summed E-state index contributed by atoms with van der Waals surface area (Å²) in [5.74, 6) is 0.630. The quantitative estimate of drug-likeness (QED) is 0.181. The molecule has 57 heavy (non-hydrogen) atoms. The number of pyridine rings is 1. The fraction of sp³-hybridized carbons (Fsp3) is 0.0189. The molecule has 2 aromatic heterocycles. The Bertz CT molecular complexity index is 3020. The molecule has 2 aliphatic carbocycles. The number of nitrogens with zero attached hydrogens (tertiary/aromatic N) is 4. The first kappa shape index (κ1) is 32.7. The number of rotatable bonds is 4. The highest BCUT2D eigenvalue weighted by atomic mass is 14.9. The van der Waals surface area contributed by atoms with E-state index in [4.69, 9.17) is 9.97 Å². The second-order valence-corrected chi connectivity index (χ2v) is 14.7. The van der Waals surface area contributed by atoms with E-state index in [2.05, 4.69) is 157 Å². The van der Waals surface area contributed by atoms with E-state index in [0.717, 1.165) is 39.2 Å². The lowest BCUT2D eigenvalue weighted by molar-refractivity contribution is 0.775. The number of hydrogen-bond acceptors (Lipinski definition) is 4. The van der Waals surface area contributed by atoms with Crippen LogP contribution in [-0.2, 0) is 5.41 Å². The largest absolute Gasteiger partial charge is 0.265 e. The maximum Gasteiger partial charge on any atom is 0.160 e. The topological polar surface area (TPSA) is 62.5 Å². The van der Waals surface area contributed by atoms with Gasteiger partial charge in [-0.2, -0.15) is 5.26 Å². The highest BCUT2D eigenvalue weighted by molar-refractivity contribution is 5.98. The summed E-state index contributed by atoms with van der Waals surface area (Å²) in [6.07, 6.45) is 3.62. The van der Waals surface area contributed by atoms with E-state index in [1.54, 1.807) is 0 Å². The maximum atomic E-state index is 9.56. The third-order valence-electron chi connectivity index (χ3n) is 11.7. The summed E-state index contributed by atoms with van der Waals surface area (Å²) in [6, 6.07) is 66.9. The van der Waals surface area contributed by atoms with Crippen molar-refractivity contribution in [2.24, 2.45) is 0 Å². The highest BCUT2D eigenvalue weighted by Crippen LogP contribution is 2.61. The van der Waals surface area contributed by atoms with Crippen molar-refractivity contribution in [1.82, 2.24) is 15.0 Å². The van der Waals surface area contributed by atoms with Crippen LogP contribution >= 0.6 is 0 Å². The van der Waals surface area contributed by atoms with Crippen molar-refractivity contribution in [1.29, 1.82) is 5.26 Å². The molecule has 0 N–H and O–H groups in total. The summed E-state index contributed by atoms with van der Waals surface area (Å²) in [5.41, 5.74) is 19.1. The van der Waals surface area contributed by atoms with Crippen molar-refractivity contribution in [3.63, 3.8) is 0 Å². The molecule has 0 radical (unpaired) electrons. The molecular weight excluding hydrogens is 693 g/mol. The maximum absolute atomic E-state index is 9.56. The Kier molecular flexibility index (Phi) is 7.42. The molecule has 9 aromatic rings. The summed E-state index contributed by atoms with van der Waals surface area (Å²) in [4.78, 5) is 14.7. The van der Waals surface area contributed by atoms with E-state index in [-0.39, 0.29) is 0 Å². The van der Waals surface area contributed by atoms with Crippen LogP contribution in [0, 0.1) is 11.3 Å². The minimum absolute atomic E-state index is 0.594. The van der Waals surface area contributed by atoms with Crippen LogP contribution in [0.4, 0.5) is 0 Å². The first-order valence-electron chi connectivity index (χ1n) is 19.1. The van der Waals surface area contributed by atoms with E-state index in [9.17, 15) is 5.26 Å². The molecule has 4 heteroatoms. The van der Waals surface area contributed by atoms with Gasteiger partial charge in [-0.1, -0.05) is 146 Å². The molecule has 1 spiro atoms. The Morgan fingerprint density at radius 2 is 0.807 bits per heavy atom. The van der Waals surface area contributed by atoms with Crippen molar-refractivity contribution >= 4 is 0 Å². The zero-order valence-electron chi connectivity index (χ0n) is 30.8. The first-order valence-corrected chi connectivity index (χ1v) is 19.1. The summed E-state index contributed by atoms with van der Waals surface area (Å²) >= 11 is 0. The first-order chi connectivity index (χ1) is 28.2. The Hall–Kier alpha value is -7.74. The van der Waals surface area contributed by atoms with Gasteiger partial charge < -0.3 is 0 Å². The minimum Gasteiger partial charge on any atom is -0.265 e. The summed E-state index contributed by atoms with van der Waals surface area (Å²) < 4.78 is 0. The molecule has 0 saturated carbocycles. The summed E-state index contributed by atoms with van der Waals surface area (Å²) in [6.45, 7) is 0. The van der Waals surface area contributed by atoms with E-state index in [0.29, 0.717) is 11.4 Å². The van der Waals surface area contributed by atoms with Crippen molar-refractivity contribution in [3.8, 4) is 84.5 Å². The van der Waals surface area contributed by atoms with Crippen LogP contribution in [0.5, 0.6) is 0 Å². The molecule has 0 saturated heterocycles. The van der Waals surface area contributed by atoms with Gasteiger partial charge in [-0.3, -0.25) is 4.98 Å². The Balaban J connectivity index is 1.18. The molecule has 0 amide bonds. The number of aromatic nitrogens is 3. The van der Waals surface area contributed by atoms with Crippen molar-refractivity contribution < 1.29 is 0 Å². The van der Waals surface area contributed by atoms with Gasteiger partial charge in [0.15, 0.2) is 5.82 Å². The number of nitriles is 1. The van der Waals surface area contributed by atoms with Gasteiger partial charge in [0.2, 0.25) is 0 Å². The number of fused-ring (bicyclic) bond motifs is 12. The lowest BCUT2D eigenvalue weighted by atomic mass is 9.65. The highest BCUT2D eigenvalue weighted by Gasteiger charge is 2.49. The van der Waals surface area contributed by atoms with Crippen LogP contribution in [0.2, 0.25) is 0 Å². The van der Waals surface area contributed by atoms with Crippen molar-refractivity contribution in [2.75, 3.05) is 0 Å². The van der Waals surface area contributed by atoms with Crippen LogP contribution in [0.3, 0.4) is 0 Å². The standard InChI is InChI=1S/C53H32N4/c54-33-34-17-19-37(20-18-34)50-32-51(57-52(56-50)38-23-21-35(22-24-38)36-27-29-55-30-28-36)39-25-26-45-41-10-2-1-9-40(41)42-11-3-6-14-46(42)53(49(45)31-39)47-15-7-4-12-43(47)44-13-5-8-16-48(44)53/h1-32H. The molecular formula is C53H32N4. The summed E-state index contributed by atoms with van der Waals surface area (Å²) in [5, 5.41) is 9.56. The predicted octanol–water partition coefficient (Wildman–Crippen LogP) is 12.4. The zero-order chi connectivity index (χ0) is 37.9. The molecule has 7 aromatic carbocycles. The van der Waals surface area contributed by atoms with Gasteiger partial charge in [-0.05, 0) is 103 Å². The van der Waals surface area contributed by atoms with Crippen LogP contribution < -0.4 is 0 Å². The molecule has 2 heterocycles. The average molecular weight is 725 g/mol. The van der Waals surface area contributed by atoms with E-state index >= 15 is 0 Å². The molecule has 0 bridgehead atoms. The fourth-order valence-corrected chi connectivity index (χ4v) is 9.15. The Morgan fingerprint density at radius 3 is 1.39 bits per heavy atom. The smallest absolute Gasteiger partial charge is 0.160 e. The molecule has 2 aliphatic rings. The summed E-state index contributed by atoms with van der Waals surface area (Å²) in [7, 11) is 0. The molecule has 11 rings (SSSR count). The Morgan fingerprint density at radius 1 is 0.368 bits per heavy atom. The van der Waals surface area contributed by atoms with Crippen LogP contribution in [-0.4, -0.2) is 15.0 Å². The van der Waals surface area contributed by atoms with Gasteiger partial charge in [0, 0.05) is 29.1 Å². The van der Waals surface area contributed by atoms with Gasteiger partial charge in [-0.15, -0.1) is 0 Å². The lowest BCUT2D eigenvalue weighted by Crippen LogP contribution is -2.29. The predicted molar refractivity (Wildman–Crippen MR) is 228 cm³/mol. The second kappa shape index (κ2) is 12.9. The van der Waals surface area contributed by atoms with Crippen LogP contribution in [0.15, 0.2) is 194 Å². The number of hydrogen-bond donors (Lipinski definition) is 0. The zero-order valence-corrected chi connectivity index (χ0v) is 30.8. The van der Waals surface area contributed by atoms with Gasteiger partial charge >= 0.3 is 0 Å². The van der Waals surface area contributed by atoms with Gasteiger partial charge in [0.1, 0.15) is 0 Å². The van der Waals surface area contributed by atoms with E-state index in [1.807, 2.05) is 48.8 Å². The SMILES string of the molecule is N#Cc1ccc(-c2cc(-c3ccc4c(c3)C3(c5ccccc5-c5ccccc5-4)c4ccccc4-c4ccccc43)nc(-c3ccc(-c4ccncc4)cc3)n2)cc1. The third kappa shape index (κ3) is 5.03. The van der Waals surface area contributed by atoms with Gasteiger partial charge in [0.05, 0.1) is 28.4 Å². The van der Waals surface area contributed by atoms with E-state index < -0.39 is 5.41 Å². The number of benzene rings is 7. The van der Waals surface area contributed by atoms with Crippen molar-refractivity contribution in [3.05, 3.63) is 222 Å². The molecule has 0 atom stereocenters. The molecule has 0 fully saturated rings. The van der Waals surface area contributed by atoms with Crippen LogP contribution in [0.1, 0.15) is 27.8 Å². The molecule has 0 aliphatic heterocycles. The minimum atomic E-state index is -0.594. The van der Waals surface area contributed by atoms with Gasteiger partial charge in [0.25, 0.3) is 0 Å². The molecule has 264 valence electrons. The average Bonchev–Trinajstić information content (AvgIpc) is 3.54. The fourth-order valence-electron chi connectivity index (χ4n) is 9.15. The molecule has 4 nitrogen and oxygen atoms in total. The van der Waals surface area contributed by atoms with Crippen molar-refractivity contribution in [2.45, 2.75) is 5.41 Å². The molecule has 0 unspecified atom stereocenters. The Labute approximate surface area is 331 Å². The van der Waals surface area contributed by atoms with E-state index in [1.165, 1.54) is 55.6 Å². The van der Waals surface area contributed by atoms with Crippen LogP contribution in [0.25, 0.3) is 78.4 Å². The normalized spacial score (nSPS) is 12.7. The monoisotopic (exact) mass is 724 g/mol. The second-order valence-electron chi connectivity index (χ2n) is 14.7. The van der Waals surface area contributed by atoms with Gasteiger partial charge in [-0.25, -0.2) is 9.97 Å². The lowest BCUT2D eigenvalue weighted by Gasteiger charge is -2.35. The third-order valence-corrected chi connectivity index (χ3v) is 11.7.